The number of allylic oxidation sites excluding steroid dienone is 2. The molecule has 3 nitrogen and oxygen atoms in total. The molecule has 3 heteroatoms. The molecule has 1 heterocycles. The Morgan fingerprint density at radius 3 is 3.00 bits per heavy atom. The SMILES string of the molecule is C=C(C(=O)O)[C@@H]1CC/C(C)=C/CC[C@@]2(C)OC2C1. The Morgan fingerprint density at radius 1 is 1.61 bits per heavy atom. The van der Waals surface area contributed by atoms with E-state index in [4.69, 9.17) is 9.84 Å². The van der Waals surface area contributed by atoms with Crippen LogP contribution < -0.4 is 0 Å². The second-order valence-corrected chi connectivity index (χ2v) is 5.81. The average Bonchev–Trinajstić information content (AvgIpc) is 2.94. The maximum Gasteiger partial charge on any atom is 0.331 e. The molecule has 0 radical (unpaired) electrons. The van der Waals surface area contributed by atoms with Gasteiger partial charge >= 0.3 is 5.97 Å². The van der Waals surface area contributed by atoms with Gasteiger partial charge in [0.25, 0.3) is 0 Å². The van der Waals surface area contributed by atoms with Crippen LogP contribution in [0, 0.1) is 5.92 Å². The minimum atomic E-state index is -0.874. The fourth-order valence-electron chi connectivity index (χ4n) is 2.78. The third-order valence-electron chi connectivity index (χ3n) is 4.32. The van der Waals surface area contributed by atoms with Crippen molar-refractivity contribution in [2.24, 2.45) is 5.92 Å². The van der Waals surface area contributed by atoms with Crippen molar-refractivity contribution >= 4 is 5.97 Å². The molecule has 1 unspecified atom stereocenters. The number of hydrogen-bond donors (Lipinski definition) is 1. The molecule has 18 heavy (non-hydrogen) atoms. The highest BCUT2D eigenvalue weighted by Gasteiger charge is 2.52. The maximum atomic E-state index is 11.1. The zero-order chi connectivity index (χ0) is 13.3. The van der Waals surface area contributed by atoms with Crippen molar-refractivity contribution in [2.45, 2.75) is 57.7 Å². The number of hydrogen-bond acceptors (Lipinski definition) is 2. The summed E-state index contributed by atoms with van der Waals surface area (Å²) in [5.41, 5.74) is 1.65. The number of ether oxygens (including phenoxy) is 1. The summed E-state index contributed by atoms with van der Waals surface area (Å²) in [6.07, 6.45) is 7.18. The van der Waals surface area contributed by atoms with Gasteiger partial charge in [-0.15, -0.1) is 0 Å². The van der Waals surface area contributed by atoms with Gasteiger partial charge in [0.15, 0.2) is 0 Å². The summed E-state index contributed by atoms with van der Waals surface area (Å²) in [4.78, 5) is 11.1. The molecule has 0 aromatic rings. The van der Waals surface area contributed by atoms with E-state index in [2.05, 4.69) is 26.5 Å². The molecule has 1 aliphatic carbocycles. The summed E-state index contributed by atoms with van der Waals surface area (Å²) in [5.74, 6) is -0.836. The van der Waals surface area contributed by atoms with Gasteiger partial charge in [-0.3, -0.25) is 0 Å². The van der Waals surface area contributed by atoms with E-state index in [9.17, 15) is 4.79 Å². The third kappa shape index (κ3) is 2.83. The van der Waals surface area contributed by atoms with Gasteiger partial charge in [-0.2, -0.15) is 0 Å². The first kappa shape index (κ1) is 13.3. The summed E-state index contributed by atoms with van der Waals surface area (Å²) >= 11 is 0. The summed E-state index contributed by atoms with van der Waals surface area (Å²) in [7, 11) is 0. The van der Waals surface area contributed by atoms with E-state index in [1.54, 1.807) is 0 Å². The van der Waals surface area contributed by atoms with E-state index in [0.717, 1.165) is 32.1 Å². The van der Waals surface area contributed by atoms with Crippen LogP contribution in [-0.2, 0) is 9.53 Å². The molecular formula is C15H22O3. The molecule has 2 rings (SSSR count). The second kappa shape index (κ2) is 4.88. The third-order valence-corrected chi connectivity index (χ3v) is 4.32. The van der Waals surface area contributed by atoms with Crippen LogP contribution in [-0.4, -0.2) is 22.8 Å². The smallest absolute Gasteiger partial charge is 0.331 e. The summed E-state index contributed by atoms with van der Waals surface area (Å²) in [6, 6.07) is 0. The summed E-state index contributed by atoms with van der Waals surface area (Å²) in [6.45, 7) is 7.98. The van der Waals surface area contributed by atoms with Gasteiger partial charge in [-0.1, -0.05) is 18.2 Å². The fourth-order valence-corrected chi connectivity index (χ4v) is 2.78. The predicted octanol–water partition coefficient (Wildman–Crippen LogP) is 3.31. The van der Waals surface area contributed by atoms with Crippen LogP contribution in [0.2, 0.25) is 0 Å². The van der Waals surface area contributed by atoms with Crippen molar-refractivity contribution in [3.05, 3.63) is 23.8 Å². The normalized spacial score (nSPS) is 39.1. The topological polar surface area (TPSA) is 49.8 Å². The van der Waals surface area contributed by atoms with E-state index in [1.807, 2.05) is 0 Å². The largest absolute Gasteiger partial charge is 0.478 e. The number of carbonyl (C=O) groups is 1. The molecule has 0 spiro atoms. The van der Waals surface area contributed by atoms with Crippen LogP contribution in [0.15, 0.2) is 23.8 Å². The molecule has 100 valence electrons. The Bertz CT molecular complexity index is 397. The van der Waals surface area contributed by atoms with Crippen molar-refractivity contribution in [3.63, 3.8) is 0 Å². The minimum absolute atomic E-state index is 0.0366. The molecule has 1 N–H and O–H groups in total. The predicted molar refractivity (Wildman–Crippen MR) is 70.4 cm³/mol. The molecule has 1 fully saturated rings. The molecule has 3 atom stereocenters. The second-order valence-electron chi connectivity index (χ2n) is 5.81. The number of aliphatic carboxylic acids is 1. The molecule has 2 aliphatic rings. The highest BCUT2D eigenvalue weighted by atomic mass is 16.6. The summed E-state index contributed by atoms with van der Waals surface area (Å²) < 4.78 is 5.77. The monoisotopic (exact) mass is 250 g/mol. The first-order valence-corrected chi connectivity index (χ1v) is 6.68. The Hall–Kier alpha value is -1.09. The standard InChI is InChI=1S/C15H22O3/c1-10-5-4-8-15(3)13(18-15)9-12(7-6-10)11(2)14(16)17/h5,12-13H,2,4,6-9H2,1,3H3,(H,16,17)/b10-5+/t12-,13?,15-/m1/s1. The zero-order valence-electron chi connectivity index (χ0n) is 11.2. The molecule has 0 aromatic carbocycles. The molecular weight excluding hydrogens is 228 g/mol. The van der Waals surface area contributed by atoms with Gasteiger partial charge < -0.3 is 9.84 Å². The van der Waals surface area contributed by atoms with Gasteiger partial charge in [0.2, 0.25) is 0 Å². The van der Waals surface area contributed by atoms with Crippen LogP contribution in [0.5, 0.6) is 0 Å². The average molecular weight is 250 g/mol. The molecule has 0 bridgehead atoms. The molecule has 0 saturated carbocycles. The highest BCUT2D eigenvalue weighted by molar-refractivity contribution is 5.86. The Morgan fingerprint density at radius 2 is 2.33 bits per heavy atom. The maximum absolute atomic E-state index is 11.1. The van der Waals surface area contributed by atoms with Gasteiger partial charge in [0.1, 0.15) is 0 Å². The number of fused-ring (bicyclic) bond motifs is 1. The lowest BCUT2D eigenvalue weighted by Gasteiger charge is -2.18. The zero-order valence-corrected chi connectivity index (χ0v) is 11.2. The Kier molecular flexibility index (Phi) is 3.62. The van der Waals surface area contributed by atoms with Gasteiger partial charge in [0.05, 0.1) is 11.7 Å². The van der Waals surface area contributed by atoms with Crippen LogP contribution >= 0.6 is 0 Å². The van der Waals surface area contributed by atoms with E-state index in [-0.39, 0.29) is 17.6 Å². The van der Waals surface area contributed by atoms with E-state index >= 15 is 0 Å². The molecule has 0 aromatic heterocycles. The minimum Gasteiger partial charge on any atom is -0.478 e. The van der Waals surface area contributed by atoms with Crippen LogP contribution in [0.1, 0.15) is 46.0 Å². The van der Waals surface area contributed by atoms with E-state index < -0.39 is 5.97 Å². The van der Waals surface area contributed by atoms with Crippen molar-refractivity contribution in [1.29, 1.82) is 0 Å². The van der Waals surface area contributed by atoms with Crippen molar-refractivity contribution < 1.29 is 14.6 Å². The van der Waals surface area contributed by atoms with E-state index in [0.29, 0.717) is 5.57 Å². The van der Waals surface area contributed by atoms with Gasteiger partial charge in [0, 0.05) is 5.57 Å². The number of rotatable bonds is 2. The first-order chi connectivity index (χ1) is 8.42. The van der Waals surface area contributed by atoms with E-state index in [1.165, 1.54) is 5.57 Å². The van der Waals surface area contributed by atoms with Crippen LogP contribution in [0.25, 0.3) is 0 Å². The number of epoxide rings is 1. The number of carboxylic acids is 1. The molecule has 1 saturated heterocycles. The first-order valence-electron chi connectivity index (χ1n) is 6.68. The Balaban J connectivity index is 2.10. The van der Waals surface area contributed by atoms with Gasteiger partial charge in [-0.25, -0.2) is 4.79 Å². The molecule has 0 amide bonds. The quantitative estimate of drug-likeness (QED) is 0.464. The van der Waals surface area contributed by atoms with Crippen molar-refractivity contribution in [3.8, 4) is 0 Å². The Labute approximate surface area is 109 Å². The van der Waals surface area contributed by atoms with Gasteiger partial charge in [-0.05, 0) is 51.9 Å². The lowest BCUT2D eigenvalue weighted by Crippen LogP contribution is -2.18. The van der Waals surface area contributed by atoms with Crippen LogP contribution in [0.3, 0.4) is 0 Å². The van der Waals surface area contributed by atoms with Crippen molar-refractivity contribution in [1.82, 2.24) is 0 Å². The lowest BCUT2D eigenvalue weighted by molar-refractivity contribution is -0.133. The summed E-state index contributed by atoms with van der Waals surface area (Å²) in [5, 5.41) is 9.10. The lowest BCUT2D eigenvalue weighted by atomic mass is 9.84. The highest BCUT2D eigenvalue weighted by Crippen LogP contribution is 2.46. The van der Waals surface area contributed by atoms with Crippen LogP contribution in [0.4, 0.5) is 0 Å². The van der Waals surface area contributed by atoms with Crippen molar-refractivity contribution in [2.75, 3.05) is 0 Å². The molecule has 1 aliphatic heterocycles. The fraction of sp³-hybridized carbons (Fsp3) is 0.667. The number of carboxylic acid groups (broad SMARTS) is 1.